The van der Waals surface area contributed by atoms with E-state index in [9.17, 15) is 0 Å². The summed E-state index contributed by atoms with van der Waals surface area (Å²) in [5.41, 5.74) is 5.92. The van der Waals surface area contributed by atoms with Crippen molar-refractivity contribution in [2.45, 2.75) is 44.6 Å². The van der Waals surface area contributed by atoms with Gasteiger partial charge in [-0.25, -0.2) is 0 Å². The Morgan fingerprint density at radius 2 is 1.90 bits per heavy atom. The summed E-state index contributed by atoms with van der Waals surface area (Å²) in [7, 11) is 0. The van der Waals surface area contributed by atoms with Crippen LogP contribution in [0.3, 0.4) is 0 Å². The molecule has 1 aliphatic carbocycles. The van der Waals surface area contributed by atoms with Gasteiger partial charge in [-0.15, -0.1) is 11.3 Å². The molecule has 1 atom stereocenters. The molecule has 0 radical (unpaired) electrons. The van der Waals surface area contributed by atoms with E-state index in [1.165, 1.54) is 46.1 Å². The summed E-state index contributed by atoms with van der Waals surface area (Å²) in [5.74, 6) is 5.83. The van der Waals surface area contributed by atoms with Gasteiger partial charge in [-0.2, -0.15) is 0 Å². The van der Waals surface area contributed by atoms with Crippen molar-refractivity contribution in [3.8, 4) is 0 Å². The van der Waals surface area contributed by atoms with Gasteiger partial charge in [-0.1, -0.05) is 18.6 Å². The molecular formula is C17H21IN2S. The molecule has 0 saturated heterocycles. The Labute approximate surface area is 144 Å². The minimum absolute atomic E-state index is 0.224. The van der Waals surface area contributed by atoms with E-state index < -0.39 is 0 Å². The van der Waals surface area contributed by atoms with Crippen molar-refractivity contribution < 1.29 is 0 Å². The molecule has 0 bridgehead atoms. The first-order valence-corrected chi connectivity index (χ1v) is 9.48. The number of halogens is 1. The Kier molecular flexibility index (Phi) is 5.32. The summed E-state index contributed by atoms with van der Waals surface area (Å²) in [6.07, 6.45) is 7.49. The topological polar surface area (TPSA) is 38.0 Å². The van der Waals surface area contributed by atoms with Crippen molar-refractivity contribution in [2.75, 3.05) is 0 Å². The molecule has 1 heterocycles. The second kappa shape index (κ2) is 7.22. The van der Waals surface area contributed by atoms with E-state index in [-0.39, 0.29) is 6.04 Å². The quantitative estimate of drug-likeness (QED) is 0.339. The van der Waals surface area contributed by atoms with E-state index >= 15 is 0 Å². The Hall–Kier alpha value is -0.430. The Bertz CT molecular complexity index is 568. The third-order valence-electron chi connectivity index (χ3n) is 4.16. The van der Waals surface area contributed by atoms with Crippen LogP contribution in [-0.2, 0) is 19.3 Å². The van der Waals surface area contributed by atoms with Gasteiger partial charge < -0.3 is 0 Å². The van der Waals surface area contributed by atoms with Crippen molar-refractivity contribution in [1.29, 1.82) is 0 Å². The van der Waals surface area contributed by atoms with E-state index in [2.05, 4.69) is 58.3 Å². The number of nitrogens with two attached hydrogens (primary N) is 1. The molecule has 4 heteroatoms. The maximum Gasteiger partial charge on any atom is 0.0593 e. The fraction of sp³-hybridized carbons (Fsp3) is 0.412. The fourth-order valence-corrected chi connectivity index (χ4v) is 4.64. The van der Waals surface area contributed by atoms with Crippen molar-refractivity contribution in [3.63, 3.8) is 0 Å². The molecule has 1 unspecified atom stereocenters. The lowest BCUT2D eigenvalue weighted by molar-refractivity contribution is 0.560. The lowest BCUT2D eigenvalue weighted by Crippen LogP contribution is -2.28. The molecule has 1 aromatic heterocycles. The van der Waals surface area contributed by atoms with Crippen LogP contribution >= 0.6 is 33.9 Å². The Morgan fingerprint density at radius 3 is 2.67 bits per heavy atom. The third-order valence-corrected chi connectivity index (χ3v) is 6.23. The summed E-state index contributed by atoms with van der Waals surface area (Å²) >= 11 is 4.30. The van der Waals surface area contributed by atoms with Crippen LogP contribution in [0.25, 0.3) is 0 Å². The van der Waals surface area contributed by atoms with Crippen molar-refractivity contribution >= 4 is 33.9 Å². The Balaban J connectivity index is 1.78. The molecule has 2 nitrogen and oxygen atoms in total. The maximum absolute atomic E-state index is 5.83. The predicted molar refractivity (Wildman–Crippen MR) is 98.5 cm³/mol. The fourth-order valence-electron chi connectivity index (χ4n) is 2.96. The van der Waals surface area contributed by atoms with Crippen LogP contribution in [0.1, 0.15) is 46.2 Å². The number of aryl methyl sites for hydroxylation is 2. The largest absolute Gasteiger partial charge is 0.271 e. The van der Waals surface area contributed by atoms with Gasteiger partial charge in [0.1, 0.15) is 0 Å². The molecule has 112 valence electrons. The first-order valence-electron chi connectivity index (χ1n) is 7.58. The number of hydrogen-bond donors (Lipinski definition) is 2. The molecular weight excluding hydrogens is 391 g/mol. The molecule has 0 saturated carbocycles. The minimum Gasteiger partial charge on any atom is -0.271 e. The smallest absolute Gasteiger partial charge is 0.0593 e. The summed E-state index contributed by atoms with van der Waals surface area (Å²) in [5, 5.41) is 0. The van der Waals surface area contributed by atoms with Gasteiger partial charge in [-0.05, 0) is 84.0 Å². The van der Waals surface area contributed by atoms with Crippen LogP contribution in [0.15, 0.2) is 30.3 Å². The van der Waals surface area contributed by atoms with Gasteiger partial charge in [0.15, 0.2) is 0 Å². The number of nitrogens with one attached hydrogen (secondary N) is 1. The second-order valence-corrected chi connectivity index (χ2v) is 8.12. The maximum atomic E-state index is 5.83. The van der Waals surface area contributed by atoms with Gasteiger partial charge in [0, 0.05) is 13.3 Å². The van der Waals surface area contributed by atoms with Crippen LogP contribution < -0.4 is 11.3 Å². The zero-order valence-corrected chi connectivity index (χ0v) is 15.0. The first kappa shape index (κ1) is 15.5. The highest BCUT2D eigenvalue weighted by Gasteiger charge is 2.18. The predicted octanol–water partition coefficient (Wildman–Crippen LogP) is 4.37. The van der Waals surface area contributed by atoms with Gasteiger partial charge in [0.25, 0.3) is 0 Å². The number of thiophene rings is 1. The summed E-state index contributed by atoms with van der Waals surface area (Å²) in [4.78, 5) is 2.98. The van der Waals surface area contributed by atoms with E-state index in [0.717, 1.165) is 6.42 Å². The monoisotopic (exact) mass is 412 g/mol. The third kappa shape index (κ3) is 3.86. The van der Waals surface area contributed by atoms with Gasteiger partial charge in [-0.3, -0.25) is 11.3 Å². The molecule has 3 rings (SSSR count). The van der Waals surface area contributed by atoms with E-state index in [4.69, 9.17) is 5.84 Å². The molecule has 0 spiro atoms. The molecule has 21 heavy (non-hydrogen) atoms. The highest BCUT2D eigenvalue weighted by Crippen LogP contribution is 2.33. The zero-order chi connectivity index (χ0) is 14.7. The SMILES string of the molecule is NNC(Cc1ccc(I)cc1)c1cc2c(s1)CCCCC2. The van der Waals surface area contributed by atoms with Gasteiger partial charge in [0.05, 0.1) is 6.04 Å². The molecule has 0 amide bonds. The Morgan fingerprint density at radius 1 is 1.14 bits per heavy atom. The van der Waals surface area contributed by atoms with E-state index in [1.807, 2.05) is 11.3 Å². The van der Waals surface area contributed by atoms with Crippen molar-refractivity contribution in [3.05, 3.63) is 54.8 Å². The molecule has 0 aliphatic heterocycles. The summed E-state index contributed by atoms with van der Waals surface area (Å²) < 4.78 is 1.27. The second-order valence-electron chi connectivity index (χ2n) is 5.71. The molecule has 1 aromatic carbocycles. The molecule has 3 N–H and O–H groups in total. The molecule has 2 aromatic rings. The molecule has 1 aliphatic rings. The summed E-state index contributed by atoms with van der Waals surface area (Å²) in [6, 6.07) is 11.3. The van der Waals surface area contributed by atoms with Crippen LogP contribution in [0, 0.1) is 3.57 Å². The van der Waals surface area contributed by atoms with Crippen LogP contribution in [0.5, 0.6) is 0 Å². The zero-order valence-electron chi connectivity index (χ0n) is 12.1. The standard InChI is InChI=1S/C17H21IN2S/c18-14-8-6-12(7-9-14)10-15(20-19)17-11-13-4-2-1-3-5-16(13)21-17/h6-9,11,15,20H,1-5,10,19H2. The van der Waals surface area contributed by atoms with Crippen LogP contribution in [-0.4, -0.2) is 0 Å². The van der Waals surface area contributed by atoms with Gasteiger partial charge in [0.2, 0.25) is 0 Å². The number of hydrazine groups is 1. The van der Waals surface area contributed by atoms with E-state index in [0.29, 0.717) is 0 Å². The van der Waals surface area contributed by atoms with Crippen LogP contribution in [0.4, 0.5) is 0 Å². The number of hydrogen-bond acceptors (Lipinski definition) is 3. The molecule has 0 fully saturated rings. The summed E-state index contributed by atoms with van der Waals surface area (Å²) in [6.45, 7) is 0. The average Bonchev–Trinajstić information content (AvgIpc) is 2.77. The first-order chi connectivity index (χ1) is 10.3. The number of fused-ring (bicyclic) bond motifs is 1. The van der Waals surface area contributed by atoms with E-state index in [1.54, 1.807) is 10.4 Å². The minimum atomic E-state index is 0.224. The normalized spacial score (nSPS) is 16.3. The van der Waals surface area contributed by atoms with Crippen molar-refractivity contribution in [2.24, 2.45) is 5.84 Å². The highest BCUT2D eigenvalue weighted by molar-refractivity contribution is 14.1. The van der Waals surface area contributed by atoms with Crippen molar-refractivity contribution in [1.82, 2.24) is 5.43 Å². The lowest BCUT2D eigenvalue weighted by Gasteiger charge is -2.14. The van der Waals surface area contributed by atoms with Gasteiger partial charge >= 0.3 is 0 Å². The average molecular weight is 412 g/mol. The number of rotatable bonds is 4. The highest BCUT2D eigenvalue weighted by atomic mass is 127. The van der Waals surface area contributed by atoms with Crippen LogP contribution in [0.2, 0.25) is 0 Å². The lowest BCUT2D eigenvalue weighted by atomic mass is 10.0. The number of benzene rings is 1.